The Balaban J connectivity index is 1.68. The Morgan fingerprint density at radius 2 is 1.96 bits per heavy atom. The molecule has 24 heavy (non-hydrogen) atoms. The van der Waals surface area contributed by atoms with Crippen LogP contribution in [0.5, 0.6) is 5.75 Å². The summed E-state index contributed by atoms with van der Waals surface area (Å²) in [6.45, 7) is 4.26. The van der Waals surface area contributed by atoms with Crippen LogP contribution >= 0.6 is 0 Å². The Bertz CT molecular complexity index is 642. The molecule has 0 spiro atoms. The van der Waals surface area contributed by atoms with Crippen molar-refractivity contribution in [2.45, 2.75) is 26.3 Å². The van der Waals surface area contributed by atoms with Crippen molar-refractivity contribution in [3.05, 3.63) is 53.6 Å². The second-order valence-electron chi connectivity index (χ2n) is 5.64. The van der Waals surface area contributed by atoms with Gasteiger partial charge in [0, 0.05) is 13.1 Å². The second kappa shape index (κ2) is 8.98. The van der Waals surface area contributed by atoms with E-state index in [1.165, 1.54) is 18.0 Å². The number of carboxylic acids is 1. The van der Waals surface area contributed by atoms with Gasteiger partial charge in [0.25, 0.3) is 0 Å². The van der Waals surface area contributed by atoms with Crippen LogP contribution in [0.15, 0.2) is 36.7 Å². The summed E-state index contributed by atoms with van der Waals surface area (Å²) >= 11 is 0. The van der Waals surface area contributed by atoms with Crippen LogP contribution in [-0.4, -0.2) is 46.1 Å². The van der Waals surface area contributed by atoms with Gasteiger partial charge in [-0.05, 0) is 37.6 Å². The third-order valence-corrected chi connectivity index (χ3v) is 3.64. The maximum atomic E-state index is 10.7. The largest absolute Gasteiger partial charge is 0.494 e. The van der Waals surface area contributed by atoms with Gasteiger partial charge in [-0.1, -0.05) is 19.1 Å². The summed E-state index contributed by atoms with van der Waals surface area (Å²) in [6.07, 6.45) is 4.72. The van der Waals surface area contributed by atoms with Gasteiger partial charge in [0.1, 0.15) is 5.75 Å². The van der Waals surface area contributed by atoms with Crippen LogP contribution in [0.3, 0.4) is 0 Å². The number of carboxylic acid groups (broad SMARTS) is 1. The van der Waals surface area contributed by atoms with E-state index < -0.39 is 5.97 Å². The van der Waals surface area contributed by atoms with Crippen molar-refractivity contribution < 1.29 is 14.6 Å². The van der Waals surface area contributed by atoms with E-state index >= 15 is 0 Å². The fraction of sp³-hybridized carbons (Fsp3) is 0.389. The van der Waals surface area contributed by atoms with E-state index in [9.17, 15) is 4.79 Å². The number of rotatable bonds is 9. The lowest BCUT2D eigenvalue weighted by Crippen LogP contribution is -2.21. The molecule has 6 nitrogen and oxygen atoms in total. The molecule has 0 bridgehead atoms. The second-order valence-corrected chi connectivity index (χ2v) is 5.64. The number of hydrogen-bond acceptors (Lipinski definition) is 5. The van der Waals surface area contributed by atoms with Gasteiger partial charge in [0.2, 0.25) is 0 Å². The quantitative estimate of drug-likeness (QED) is 0.713. The molecule has 0 unspecified atom stereocenters. The van der Waals surface area contributed by atoms with Crippen LogP contribution in [0.4, 0.5) is 0 Å². The highest BCUT2D eigenvalue weighted by Gasteiger charge is 2.06. The monoisotopic (exact) mass is 329 g/mol. The first-order valence-electron chi connectivity index (χ1n) is 8.03. The molecule has 2 rings (SSSR count). The van der Waals surface area contributed by atoms with E-state index in [4.69, 9.17) is 9.84 Å². The summed E-state index contributed by atoms with van der Waals surface area (Å²) in [7, 11) is 1.99. The Morgan fingerprint density at radius 1 is 1.21 bits per heavy atom. The fourth-order valence-corrected chi connectivity index (χ4v) is 2.25. The highest BCUT2D eigenvalue weighted by Crippen LogP contribution is 2.12. The molecule has 1 aromatic carbocycles. The molecule has 0 aliphatic rings. The zero-order chi connectivity index (χ0) is 17.4. The van der Waals surface area contributed by atoms with Gasteiger partial charge < -0.3 is 14.7 Å². The average molecular weight is 329 g/mol. The van der Waals surface area contributed by atoms with Gasteiger partial charge in [-0.2, -0.15) is 0 Å². The summed E-state index contributed by atoms with van der Waals surface area (Å²) < 4.78 is 5.73. The number of aromatic carboxylic acids is 1. The van der Waals surface area contributed by atoms with Crippen molar-refractivity contribution >= 4 is 5.97 Å². The van der Waals surface area contributed by atoms with Crippen LogP contribution in [0.1, 0.15) is 35.1 Å². The van der Waals surface area contributed by atoms with E-state index in [-0.39, 0.29) is 5.69 Å². The molecular formula is C18H23N3O3. The molecule has 0 saturated carbocycles. The van der Waals surface area contributed by atoms with Crippen LogP contribution in [0.2, 0.25) is 0 Å². The van der Waals surface area contributed by atoms with Crippen molar-refractivity contribution in [3.63, 3.8) is 0 Å². The van der Waals surface area contributed by atoms with Gasteiger partial charge >= 0.3 is 5.97 Å². The van der Waals surface area contributed by atoms with Gasteiger partial charge in [0.15, 0.2) is 5.69 Å². The fourth-order valence-electron chi connectivity index (χ4n) is 2.25. The van der Waals surface area contributed by atoms with Crippen molar-refractivity contribution in [3.8, 4) is 5.75 Å². The smallest absolute Gasteiger partial charge is 0.356 e. The van der Waals surface area contributed by atoms with E-state index in [0.29, 0.717) is 13.2 Å². The van der Waals surface area contributed by atoms with Crippen LogP contribution in [0.25, 0.3) is 0 Å². The number of ether oxygens (including phenoxy) is 1. The Kier molecular flexibility index (Phi) is 6.69. The standard InChI is InChI=1S/C18H23N3O3/c1-3-14-5-7-16(8-6-14)24-10-4-9-21(2)13-15-11-20-17(12-19-15)18(22)23/h5-8,11-12H,3-4,9-10,13H2,1-2H3,(H,22,23). The maximum Gasteiger partial charge on any atom is 0.356 e. The number of carbonyl (C=O) groups is 1. The van der Waals surface area contributed by atoms with E-state index in [1.807, 2.05) is 19.2 Å². The maximum absolute atomic E-state index is 10.7. The molecule has 1 heterocycles. The van der Waals surface area contributed by atoms with Crippen molar-refractivity contribution in [2.24, 2.45) is 0 Å². The predicted octanol–water partition coefficient (Wildman–Crippen LogP) is 2.64. The first-order chi connectivity index (χ1) is 11.6. The molecule has 0 aliphatic carbocycles. The summed E-state index contributed by atoms with van der Waals surface area (Å²) in [5, 5.41) is 8.80. The number of hydrogen-bond donors (Lipinski definition) is 1. The number of aryl methyl sites for hydroxylation is 1. The lowest BCUT2D eigenvalue weighted by atomic mass is 10.2. The van der Waals surface area contributed by atoms with Gasteiger partial charge in [-0.3, -0.25) is 4.98 Å². The summed E-state index contributed by atoms with van der Waals surface area (Å²) in [5.74, 6) is -0.170. The molecule has 0 amide bonds. The van der Waals surface area contributed by atoms with Gasteiger partial charge in [-0.15, -0.1) is 0 Å². The molecule has 0 aliphatic heterocycles. The molecule has 1 N–H and O–H groups in total. The van der Waals surface area contributed by atoms with Crippen molar-refractivity contribution in [1.29, 1.82) is 0 Å². The van der Waals surface area contributed by atoms with E-state index in [0.717, 1.165) is 30.8 Å². The zero-order valence-corrected chi connectivity index (χ0v) is 14.1. The van der Waals surface area contributed by atoms with Gasteiger partial charge in [0.05, 0.1) is 24.7 Å². The molecule has 0 atom stereocenters. The third kappa shape index (κ3) is 5.62. The average Bonchev–Trinajstić information content (AvgIpc) is 2.59. The Labute approximate surface area is 142 Å². The number of benzene rings is 1. The molecular weight excluding hydrogens is 306 g/mol. The lowest BCUT2D eigenvalue weighted by molar-refractivity contribution is 0.0690. The minimum Gasteiger partial charge on any atom is -0.494 e. The lowest BCUT2D eigenvalue weighted by Gasteiger charge is -2.16. The highest BCUT2D eigenvalue weighted by molar-refractivity contribution is 5.84. The molecule has 128 valence electrons. The SMILES string of the molecule is CCc1ccc(OCCCN(C)Cc2cnc(C(=O)O)cn2)cc1. The van der Waals surface area contributed by atoms with Gasteiger partial charge in [-0.25, -0.2) is 9.78 Å². The molecule has 1 aromatic heterocycles. The minimum atomic E-state index is -1.06. The zero-order valence-electron chi connectivity index (χ0n) is 14.1. The van der Waals surface area contributed by atoms with Crippen LogP contribution in [0, 0.1) is 0 Å². The summed E-state index contributed by atoms with van der Waals surface area (Å²) in [6, 6.07) is 8.17. The van der Waals surface area contributed by atoms with Crippen molar-refractivity contribution in [2.75, 3.05) is 20.2 Å². The molecule has 0 fully saturated rings. The van der Waals surface area contributed by atoms with Crippen LogP contribution < -0.4 is 4.74 Å². The Hall–Kier alpha value is -2.47. The topological polar surface area (TPSA) is 75.5 Å². The normalized spacial score (nSPS) is 10.8. The van der Waals surface area contributed by atoms with E-state index in [2.05, 4.69) is 33.9 Å². The first-order valence-corrected chi connectivity index (χ1v) is 8.03. The summed E-state index contributed by atoms with van der Waals surface area (Å²) in [4.78, 5) is 20.8. The molecule has 2 aromatic rings. The first kappa shape index (κ1) is 17.9. The predicted molar refractivity (Wildman–Crippen MR) is 91.3 cm³/mol. The number of aromatic nitrogens is 2. The third-order valence-electron chi connectivity index (χ3n) is 3.64. The summed E-state index contributed by atoms with van der Waals surface area (Å²) in [5.41, 5.74) is 2.01. The molecule has 6 heteroatoms. The van der Waals surface area contributed by atoms with Crippen LogP contribution in [-0.2, 0) is 13.0 Å². The van der Waals surface area contributed by atoms with E-state index in [1.54, 1.807) is 0 Å². The number of nitrogens with zero attached hydrogens (tertiary/aromatic N) is 3. The minimum absolute atomic E-state index is 0.0381. The van der Waals surface area contributed by atoms with Crippen molar-refractivity contribution in [1.82, 2.24) is 14.9 Å². The highest BCUT2D eigenvalue weighted by atomic mass is 16.5. The Morgan fingerprint density at radius 3 is 2.54 bits per heavy atom. The molecule has 0 saturated heterocycles. The molecule has 0 radical (unpaired) electrons.